The molecule has 0 saturated heterocycles. The zero-order valence-electron chi connectivity index (χ0n) is 14.4. The van der Waals surface area contributed by atoms with Crippen molar-refractivity contribution in [3.8, 4) is 11.4 Å². The van der Waals surface area contributed by atoms with Crippen LogP contribution in [0, 0.1) is 6.92 Å². The molecular formula is C18H18BrN5OS. The number of halogens is 1. The van der Waals surface area contributed by atoms with Gasteiger partial charge in [-0.2, -0.15) is 0 Å². The highest BCUT2D eigenvalue weighted by Gasteiger charge is 2.15. The maximum Gasteiger partial charge on any atom is 0.234 e. The first-order valence-electron chi connectivity index (χ1n) is 8.11. The van der Waals surface area contributed by atoms with E-state index in [4.69, 9.17) is 0 Å². The number of benzene rings is 1. The Hall–Kier alpha value is -2.19. The number of nitrogens with zero attached hydrogens (tertiary/aromatic N) is 4. The maximum absolute atomic E-state index is 12.3. The average molecular weight is 432 g/mol. The third kappa shape index (κ3) is 4.31. The summed E-state index contributed by atoms with van der Waals surface area (Å²) in [5.74, 6) is 0.920. The van der Waals surface area contributed by atoms with Crippen LogP contribution in [-0.4, -0.2) is 31.4 Å². The summed E-state index contributed by atoms with van der Waals surface area (Å²) in [5, 5.41) is 12.1. The number of pyridine rings is 1. The Kier molecular flexibility index (Phi) is 6.05. The Morgan fingerprint density at radius 1 is 1.31 bits per heavy atom. The zero-order chi connectivity index (χ0) is 18.5. The van der Waals surface area contributed by atoms with Gasteiger partial charge in [-0.05, 0) is 59.6 Å². The lowest BCUT2D eigenvalue weighted by molar-refractivity contribution is -0.113. The van der Waals surface area contributed by atoms with Crippen molar-refractivity contribution in [2.24, 2.45) is 0 Å². The second-order valence-electron chi connectivity index (χ2n) is 5.61. The van der Waals surface area contributed by atoms with Gasteiger partial charge in [0.05, 0.1) is 11.4 Å². The average Bonchev–Trinajstić information content (AvgIpc) is 3.06. The number of anilines is 1. The van der Waals surface area contributed by atoms with Crippen molar-refractivity contribution in [2.75, 3.05) is 11.1 Å². The van der Waals surface area contributed by atoms with Crippen LogP contribution in [0.4, 0.5) is 5.69 Å². The van der Waals surface area contributed by atoms with Crippen molar-refractivity contribution < 1.29 is 4.79 Å². The molecule has 0 aliphatic rings. The van der Waals surface area contributed by atoms with Crippen molar-refractivity contribution in [3.05, 3.63) is 52.8 Å². The van der Waals surface area contributed by atoms with E-state index in [9.17, 15) is 4.79 Å². The van der Waals surface area contributed by atoms with E-state index in [0.29, 0.717) is 11.7 Å². The molecule has 0 fully saturated rings. The molecule has 2 heterocycles. The smallest absolute Gasteiger partial charge is 0.234 e. The van der Waals surface area contributed by atoms with Crippen molar-refractivity contribution in [3.63, 3.8) is 0 Å². The third-order valence-electron chi connectivity index (χ3n) is 3.68. The van der Waals surface area contributed by atoms with Gasteiger partial charge in [0, 0.05) is 29.0 Å². The highest BCUT2D eigenvalue weighted by atomic mass is 79.9. The van der Waals surface area contributed by atoms with E-state index >= 15 is 0 Å². The molecule has 0 aliphatic carbocycles. The van der Waals surface area contributed by atoms with Crippen LogP contribution in [0.3, 0.4) is 0 Å². The second-order valence-corrected chi connectivity index (χ2v) is 7.41. The van der Waals surface area contributed by atoms with E-state index in [1.54, 1.807) is 12.4 Å². The summed E-state index contributed by atoms with van der Waals surface area (Å²) in [4.78, 5) is 16.4. The molecule has 1 amide bonds. The van der Waals surface area contributed by atoms with Crippen LogP contribution >= 0.6 is 27.7 Å². The zero-order valence-corrected chi connectivity index (χ0v) is 16.8. The number of hydrogen-bond donors (Lipinski definition) is 1. The van der Waals surface area contributed by atoms with E-state index in [1.807, 2.05) is 48.7 Å². The molecule has 134 valence electrons. The highest BCUT2D eigenvalue weighted by molar-refractivity contribution is 9.10. The summed E-state index contributed by atoms with van der Waals surface area (Å²) < 4.78 is 2.85. The van der Waals surface area contributed by atoms with Crippen LogP contribution in [0.25, 0.3) is 11.4 Å². The summed E-state index contributed by atoms with van der Waals surface area (Å²) in [6, 6.07) is 9.62. The molecule has 6 nitrogen and oxygen atoms in total. The molecule has 0 bridgehead atoms. The molecule has 0 aliphatic heterocycles. The van der Waals surface area contributed by atoms with Gasteiger partial charge in [-0.15, -0.1) is 10.2 Å². The first-order valence-corrected chi connectivity index (χ1v) is 9.88. The molecular weight excluding hydrogens is 414 g/mol. The fourth-order valence-corrected chi connectivity index (χ4v) is 3.82. The van der Waals surface area contributed by atoms with Crippen molar-refractivity contribution in [2.45, 2.75) is 25.5 Å². The van der Waals surface area contributed by atoms with Crippen LogP contribution in [-0.2, 0) is 11.3 Å². The van der Waals surface area contributed by atoms with Gasteiger partial charge >= 0.3 is 0 Å². The largest absolute Gasteiger partial charge is 0.324 e. The molecule has 0 unspecified atom stereocenters. The van der Waals surface area contributed by atoms with Crippen LogP contribution in [0.15, 0.2) is 52.4 Å². The lowest BCUT2D eigenvalue weighted by Crippen LogP contribution is -2.15. The standard InChI is InChI=1S/C18H18BrN5OS/c1-3-24-17(13-5-4-8-20-10-13)22-23-18(24)26-11-16(25)21-15-7-6-12(2)9-14(15)19/h4-10H,3,11H2,1-2H3,(H,21,25). The number of carbonyl (C=O) groups is 1. The molecule has 0 spiro atoms. The van der Waals surface area contributed by atoms with Crippen LogP contribution in [0.5, 0.6) is 0 Å². The Labute approximate surface area is 164 Å². The van der Waals surface area contributed by atoms with Crippen molar-refractivity contribution in [1.82, 2.24) is 19.7 Å². The quantitative estimate of drug-likeness (QED) is 0.593. The van der Waals surface area contributed by atoms with Crippen molar-refractivity contribution >= 4 is 39.3 Å². The normalized spacial score (nSPS) is 10.7. The minimum atomic E-state index is -0.0897. The monoisotopic (exact) mass is 431 g/mol. The van der Waals surface area contributed by atoms with Crippen LogP contribution in [0.1, 0.15) is 12.5 Å². The maximum atomic E-state index is 12.3. The van der Waals surface area contributed by atoms with Gasteiger partial charge in [0.1, 0.15) is 0 Å². The van der Waals surface area contributed by atoms with Gasteiger partial charge in [0.15, 0.2) is 11.0 Å². The SMILES string of the molecule is CCn1c(SCC(=O)Nc2ccc(C)cc2Br)nnc1-c1cccnc1. The molecule has 3 rings (SSSR count). The number of carbonyl (C=O) groups excluding carboxylic acids is 1. The number of hydrogen-bond acceptors (Lipinski definition) is 5. The number of aryl methyl sites for hydroxylation is 1. The Balaban J connectivity index is 1.68. The predicted octanol–water partition coefficient (Wildman–Crippen LogP) is 4.16. The van der Waals surface area contributed by atoms with E-state index in [1.165, 1.54) is 11.8 Å². The molecule has 0 atom stereocenters. The minimum Gasteiger partial charge on any atom is -0.324 e. The number of thioether (sulfide) groups is 1. The van der Waals surface area contributed by atoms with Crippen LogP contribution < -0.4 is 5.32 Å². The van der Waals surface area contributed by atoms with Gasteiger partial charge in [-0.25, -0.2) is 0 Å². The van der Waals surface area contributed by atoms with E-state index in [-0.39, 0.29) is 11.7 Å². The lowest BCUT2D eigenvalue weighted by atomic mass is 10.2. The molecule has 3 aromatic rings. The first-order chi connectivity index (χ1) is 12.6. The van der Waals surface area contributed by atoms with E-state index in [2.05, 4.69) is 36.4 Å². The number of nitrogens with one attached hydrogen (secondary N) is 1. The van der Waals surface area contributed by atoms with Gasteiger partial charge < -0.3 is 9.88 Å². The highest BCUT2D eigenvalue weighted by Crippen LogP contribution is 2.25. The van der Waals surface area contributed by atoms with Gasteiger partial charge in [-0.1, -0.05) is 17.8 Å². The molecule has 1 N–H and O–H groups in total. The predicted molar refractivity (Wildman–Crippen MR) is 107 cm³/mol. The summed E-state index contributed by atoms with van der Waals surface area (Å²) in [6.07, 6.45) is 3.48. The molecule has 0 radical (unpaired) electrons. The number of aromatic nitrogens is 4. The van der Waals surface area contributed by atoms with Gasteiger partial charge in [0.25, 0.3) is 0 Å². The van der Waals surface area contributed by atoms with Crippen LogP contribution in [0.2, 0.25) is 0 Å². The molecule has 8 heteroatoms. The summed E-state index contributed by atoms with van der Waals surface area (Å²) >= 11 is 4.83. The lowest BCUT2D eigenvalue weighted by Gasteiger charge is -2.09. The molecule has 0 saturated carbocycles. The first kappa shape index (κ1) is 18.6. The second kappa shape index (κ2) is 8.46. The molecule has 26 heavy (non-hydrogen) atoms. The Morgan fingerprint density at radius 2 is 2.15 bits per heavy atom. The van der Waals surface area contributed by atoms with Gasteiger partial charge in [-0.3, -0.25) is 9.78 Å². The fraction of sp³-hybridized carbons (Fsp3) is 0.222. The number of rotatable bonds is 6. The third-order valence-corrected chi connectivity index (χ3v) is 5.31. The minimum absolute atomic E-state index is 0.0897. The summed E-state index contributed by atoms with van der Waals surface area (Å²) in [7, 11) is 0. The summed E-state index contributed by atoms with van der Waals surface area (Å²) in [6.45, 7) is 4.74. The van der Waals surface area contributed by atoms with E-state index in [0.717, 1.165) is 27.1 Å². The van der Waals surface area contributed by atoms with E-state index < -0.39 is 0 Å². The Bertz CT molecular complexity index is 913. The molecule has 1 aromatic carbocycles. The fourth-order valence-electron chi connectivity index (χ4n) is 2.43. The number of amides is 1. The topological polar surface area (TPSA) is 72.7 Å². The Morgan fingerprint density at radius 3 is 2.85 bits per heavy atom. The van der Waals surface area contributed by atoms with Crippen molar-refractivity contribution in [1.29, 1.82) is 0 Å². The summed E-state index contributed by atoms with van der Waals surface area (Å²) in [5.41, 5.74) is 2.79. The van der Waals surface area contributed by atoms with Gasteiger partial charge in [0.2, 0.25) is 5.91 Å². The molecule has 2 aromatic heterocycles.